The highest BCUT2D eigenvalue weighted by molar-refractivity contribution is 6.04. The van der Waals surface area contributed by atoms with Gasteiger partial charge in [-0.3, -0.25) is 4.79 Å². The van der Waals surface area contributed by atoms with Crippen molar-refractivity contribution in [2.45, 2.75) is 26.7 Å². The number of rotatable bonds is 6. The maximum Gasteiger partial charge on any atom is 0.255 e. The van der Waals surface area contributed by atoms with Crippen LogP contribution in [0, 0.1) is 0 Å². The number of hydrogen-bond donors (Lipinski definition) is 2. The van der Waals surface area contributed by atoms with Crippen molar-refractivity contribution < 1.29 is 9.32 Å². The zero-order chi connectivity index (χ0) is 14.4. The van der Waals surface area contributed by atoms with Crippen molar-refractivity contribution in [1.82, 2.24) is 10.1 Å². The molecule has 2 N–H and O–H groups in total. The van der Waals surface area contributed by atoms with Gasteiger partial charge >= 0.3 is 0 Å². The van der Waals surface area contributed by atoms with E-state index in [4.69, 9.17) is 0 Å². The molecule has 106 valence electrons. The highest BCUT2D eigenvalue weighted by atomic mass is 16.5. The molecule has 0 aliphatic heterocycles. The van der Waals surface area contributed by atoms with Crippen LogP contribution in [-0.2, 0) is 6.42 Å². The van der Waals surface area contributed by atoms with Gasteiger partial charge < -0.3 is 15.2 Å². The molecule has 0 saturated carbocycles. The number of aryl methyl sites for hydroxylation is 1. The number of carbonyl (C=O) groups is 1. The summed E-state index contributed by atoms with van der Waals surface area (Å²) in [4.78, 5) is 16.6. The van der Waals surface area contributed by atoms with Gasteiger partial charge in [0.05, 0.1) is 6.20 Å². The second-order valence-electron chi connectivity index (χ2n) is 4.38. The molecule has 2 aromatic rings. The molecular formula is C14H18N4O2. The zero-order valence-electron chi connectivity index (χ0n) is 11.6. The number of amides is 1. The highest BCUT2D eigenvalue weighted by Gasteiger charge is 2.10. The quantitative estimate of drug-likeness (QED) is 0.846. The smallest absolute Gasteiger partial charge is 0.255 e. The maximum atomic E-state index is 12.2. The highest BCUT2D eigenvalue weighted by Crippen LogP contribution is 2.14. The van der Waals surface area contributed by atoms with Crippen molar-refractivity contribution in [1.29, 1.82) is 0 Å². The summed E-state index contributed by atoms with van der Waals surface area (Å²) < 4.78 is 4.68. The molecule has 0 fully saturated rings. The lowest BCUT2D eigenvalue weighted by molar-refractivity contribution is 0.102. The number of nitrogens with one attached hydrogen (secondary N) is 2. The SMILES string of the molecule is CCCNc1cc(C(=O)Nc2cnoc2)cc(CC)n1. The fourth-order valence-corrected chi connectivity index (χ4v) is 1.71. The molecule has 0 saturated heterocycles. The molecule has 0 spiro atoms. The molecule has 20 heavy (non-hydrogen) atoms. The number of carbonyl (C=O) groups excluding carboxylic acids is 1. The van der Waals surface area contributed by atoms with Gasteiger partial charge in [0.25, 0.3) is 5.91 Å². The molecule has 0 unspecified atom stereocenters. The van der Waals surface area contributed by atoms with Crippen molar-refractivity contribution in [2.75, 3.05) is 17.2 Å². The third kappa shape index (κ3) is 3.57. The fourth-order valence-electron chi connectivity index (χ4n) is 1.71. The minimum absolute atomic E-state index is 0.204. The summed E-state index contributed by atoms with van der Waals surface area (Å²) >= 11 is 0. The van der Waals surface area contributed by atoms with Gasteiger partial charge in [-0.05, 0) is 25.0 Å². The Balaban J connectivity index is 2.18. The van der Waals surface area contributed by atoms with Crippen molar-refractivity contribution in [3.63, 3.8) is 0 Å². The number of anilines is 2. The van der Waals surface area contributed by atoms with Crippen molar-refractivity contribution in [2.24, 2.45) is 0 Å². The van der Waals surface area contributed by atoms with Crippen LogP contribution in [0.1, 0.15) is 36.3 Å². The largest absolute Gasteiger partial charge is 0.370 e. The standard InChI is InChI=1S/C14H18N4O2/c1-3-5-15-13-7-10(6-11(4-2)17-13)14(19)18-12-8-16-20-9-12/h6-9H,3-5H2,1-2H3,(H,15,17)(H,18,19). The maximum absolute atomic E-state index is 12.2. The number of aromatic nitrogens is 2. The molecule has 2 rings (SSSR count). The minimum Gasteiger partial charge on any atom is -0.370 e. The first-order valence-electron chi connectivity index (χ1n) is 6.68. The normalized spacial score (nSPS) is 10.3. The van der Waals surface area contributed by atoms with E-state index >= 15 is 0 Å². The second kappa shape index (κ2) is 6.70. The average molecular weight is 274 g/mol. The van der Waals surface area contributed by atoms with E-state index in [-0.39, 0.29) is 5.91 Å². The molecule has 0 bridgehead atoms. The Bertz CT molecular complexity index is 567. The lowest BCUT2D eigenvalue weighted by Crippen LogP contribution is -2.13. The van der Waals surface area contributed by atoms with Crippen LogP contribution in [0.25, 0.3) is 0 Å². The van der Waals surface area contributed by atoms with Gasteiger partial charge in [0.1, 0.15) is 17.8 Å². The summed E-state index contributed by atoms with van der Waals surface area (Å²) in [6.07, 6.45) is 4.61. The average Bonchev–Trinajstić information content (AvgIpc) is 2.97. The van der Waals surface area contributed by atoms with Crippen LogP contribution in [0.2, 0.25) is 0 Å². The van der Waals surface area contributed by atoms with Crippen LogP contribution in [0.3, 0.4) is 0 Å². The van der Waals surface area contributed by atoms with Gasteiger partial charge in [0, 0.05) is 17.8 Å². The van der Waals surface area contributed by atoms with Gasteiger partial charge in [-0.15, -0.1) is 0 Å². The summed E-state index contributed by atoms with van der Waals surface area (Å²) in [5, 5.41) is 9.47. The van der Waals surface area contributed by atoms with Crippen LogP contribution in [-0.4, -0.2) is 22.6 Å². The van der Waals surface area contributed by atoms with E-state index in [1.54, 1.807) is 12.1 Å². The van der Waals surface area contributed by atoms with Crippen LogP contribution in [0.15, 0.2) is 29.1 Å². The summed E-state index contributed by atoms with van der Waals surface area (Å²) in [5.41, 5.74) is 1.98. The van der Waals surface area contributed by atoms with Gasteiger partial charge in [-0.1, -0.05) is 19.0 Å². The van der Waals surface area contributed by atoms with Crippen LogP contribution < -0.4 is 10.6 Å². The monoisotopic (exact) mass is 274 g/mol. The minimum atomic E-state index is -0.204. The topological polar surface area (TPSA) is 80.0 Å². The summed E-state index contributed by atoms with van der Waals surface area (Å²) in [6.45, 7) is 4.91. The van der Waals surface area contributed by atoms with E-state index in [0.717, 1.165) is 30.9 Å². The Morgan fingerprint density at radius 1 is 1.35 bits per heavy atom. The Morgan fingerprint density at radius 2 is 2.20 bits per heavy atom. The molecule has 1 amide bonds. The van der Waals surface area contributed by atoms with Gasteiger partial charge in [0.15, 0.2) is 0 Å². The van der Waals surface area contributed by atoms with Gasteiger partial charge in [-0.2, -0.15) is 0 Å². The van der Waals surface area contributed by atoms with Gasteiger partial charge in [0.2, 0.25) is 0 Å². The van der Waals surface area contributed by atoms with E-state index in [0.29, 0.717) is 11.3 Å². The third-order valence-electron chi connectivity index (χ3n) is 2.75. The molecule has 6 heteroatoms. The molecule has 2 aromatic heterocycles. The molecule has 2 heterocycles. The lowest BCUT2D eigenvalue weighted by Gasteiger charge is -2.09. The molecule has 0 aliphatic carbocycles. The first kappa shape index (κ1) is 14.0. The number of nitrogens with zero attached hydrogens (tertiary/aromatic N) is 2. The van der Waals surface area contributed by atoms with Crippen LogP contribution in [0.5, 0.6) is 0 Å². The molecule has 0 radical (unpaired) electrons. The number of hydrogen-bond acceptors (Lipinski definition) is 5. The predicted molar refractivity (Wildman–Crippen MR) is 76.9 cm³/mol. The number of pyridine rings is 1. The predicted octanol–water partition coefficient (Wildman–Crippen LogP) is 2.71. The molecule has 0 atom stereocenters. The zero-order valence-corrected chi connectivity index (χ0v) is 11.6. The summed E-state index contributed by atoms with van der Waals surface area (Å²) in [5.74, 6) is 0.520. The van der Waals surface area contributed by atoms with Crippen LogP contribution >= 0.6 is 0 Å². The molecule has 6 nitrogen and oxygen atoms in total. The van der Waals surface area contributed by atoms with Gasteiger partial charge in [-0.25, -0.2) is 4.98 Å². The lowest BCUT2D eigenvalue weighted by atomic mass is 10.1. The first-order chi connectivity index (χ1) is 9.72. The second-order valence-corrected chi connectivity index (χ2v) is 4.38. The Labute approximate surface area is 117 Å². The molecule has 0 aliphatic rings. The van der Waals surface area contributed by atoms with E-state index in [9.17, 15) is 4.79 Å². The summed E-state index contributed by atoms with van der Waals surface area (Å²) in [7, 11) is 0. The van der Waals surface area contributed by atoms with E-state index in [1.807, 2.05) is 6.92 Å². The summed E-state index contributed by atoms with van der Waals surface area (Å²) in [6, 6.07) is 3.54. The van der Waals surface area contributed by atoms with E-state index in [2.05, 4.69) is 32.2 Å². The van der Waals surface area contributed by atoms with E-state index < -0.39 is 0 Å². The fraction of sp³-hybridized carbons (Fsp3) is 0.357. The molecular weight excluding hydrogens is 256 g/mol. The van der Waals surface area contributed by atoms with Crippen molar-refractivity contribution in [3.8, 4) is 0 Å². The van der Waals surface area contributed by atoms with Crippen LogP contribution in [0.4, 0.5) is 11.5 Å². The van der Waals surface area contributed by atoms with Crippen molar-refractivity contribution >= 4 is 17.4 Å². The first-order valence-corrected chi connectivity index (χ1v) is 6.68. The Kier molecular flexibility index (Phi) is 4.70. The Hall–Kier alpha value is -2.37. The Morgan fingerprint density at radius 3 is 2.85 bits per heavy atom. The molecule has 0 aromatic carbocycles. The van der Waals surface area contributed by atoms with E-state index in [1.165, 1.54) is 12.5 Å². The third-order valence-corrected chi connectivity index (χ3v) is 2.75. The van der Waals surface area contributed by atoms with Crippen molar-refractivity contribution in [3.05, 3.63) is 35.9 Å².